The Morgan fingerprint density at radius 2 is 2.16 bits per heavy atom. The van der Waals surface area contributed by atoms with Gasteiger partial charge in [0.1, 0.15) is 0 Å². The summed E-state index contributed by atoms with van der Waals surface area (Å²) in [6, 6.07) is 8.84. The Morgan fingerprint density at radius 3 is 2.84 bits per heavy atom. The van der Waals surface area contributed by atoms with E-state index in [1.807, 2.05) is 4.90 Å². The molecule has 1 N–H and O–H groups in total. The average Bonchev–Trinajstić information content (AvgIpc) is 2.41. The van der Waals surface area contributed by atoms with Gasteiger partial charge in [-0.05, 0) is 19.4 Å². The normalized spacial score (nSPS) is 19.5. The van der Waals surface area contributed by atoms with Gasteiger partial charge >= 0.3 is 0 Å². The van der Waals surface area contributed by atoms with Gasteiger partial charge in [0.15, 0.2) is 0 Å². The number of nitrogens with one attached hydrogen (secondary N) is 1. The molecule has 1 fully saturated rings. The predicted molar refractivity (Wildman–Crippen MR) is 81.4 cm³/mol. The van der Waals surface area contributed by atoms with Crippen LogP contribution in [0.3, 0.4) is 0 Å². The quantitative estimate of drug-likeness (QED) is 0.915. The smallest absolute Gasteiger partial charge is 0.232 e. The number of hydrogen-bond acceptors (Lipinski definition) is 3. The van der Waals surface area contributed by atoms with Crippen molar-refractivity contribution in [3.8, 4) is 0 Å². The largest absolute Gasteiger partial charge is 0.337 e. The van der Waals surface area contributed by atoms with E-state index in [9.17, 15) is 4.79 Å². The molecule has 1 aliphatic heterocycles. The standard InChI is InChI=1S/C15H22N2OS/c1-12-3-5-14(6-4-12)10-19-11-15(18)17-8-7-16-9-13(17)2/h3-6,13,16H,7-11H2,1-2H3/t13-/m1/s1. The molecule has 3 nitrogen and oxygen atoms in total. The Morgan fingerprint density at radius 1 is 1.42 bits per heavy atom. The number of piperazine rings is 1. The number of hydrogen-bond donors (Lipinski definition) is 1. The van der Waals surface area contributed by atoms with Gasteiger partial charge in [-0.2, -0.15) is 0 Å². The number of thioether (sulfide) groups is 1. The predicted octanol–water partition coefficient (Wildman–Crippen LogP) is 2.05. The van der Waals surface area contributed by atoms with Crippen LogP contribution in [-0.2, 0) is 10.5 Å². The van der Waals surface area contributed by atoms with Crippen molar-refractivity contribution in [1.82, 2.24) is 10.2 Å². The van der Waals surface area contributed by atoms with Crippen LogP contribution in [0, 0.1) is 6.92 Å². The van der Waals surface area contributed by atoms with Gasteiger partial charge in [0.05, 0.1) is 5.75 Å². The molecule has 1 aliphatic rings. The molecule has 0 bridgehead atoms. The molecule has 1 amide bonds. The Bertz CT molecular complexity index is 419. The highest BCUT2D eigenvalue weighted by atomic mass is 32.2. The van der Waals surface area contributed by atoms with Crippen molar-refractivity contribution < 1.29 is 4.79 Å². The first-order valence-corrected chi connectivity index (χ1v) is 7.96. The van der Waals surface area contributed by atoms with Crippen LogP contribution in [0.4, 0.5) is 0 Å². The van der Waals surface area contributed by atoms with E-state index in [0.717, 1.165) is 25.4 Å². The van der Waals surface area contributed by atoms with Crippen LogP contribution in [0.5, 0.6) is 0 Å². The van der Waals surface area contributed by atoms with Gasteiger partial charge in [-0.25, -0.2) is 0 Å². The van der Waals surface area contributed by atoms with E-state index < -0.39 is 0 Å². The van der Waals surface area contributed by atoms with Gasteiger partial charge < -0.3 is 10.2 Å². The minimum Gasteiger partial charge on any atom is -0.337 e. The van der Waals surface area contributed by atoms with Crippen molar-refractivity contribution in [3.05, 3.63) is 35.4 Å². The van der Waals surface area contributed by atoms with E-state index in [1.165, 1.54) is 11.1 Å². The van der Waals surface area contributed by atoms with Crippen molar-refractivity contribution in [1.29, 1.82) is 0 Å². The van der Waals surface area contributed by atoms with Crippen LogP contribution in [0.1, 0.15) is 18.1 Å². The maximum Gasteiger partial charge on any atom is 0.232 e. The van der Waals surface area contributed by atoms with Crippen LogP contribution in [0.15, 0.2) is 24.3 Å². The first-order valence-electron chi connectivity index (χ1n) is 6.80. The topological polar surface area (TPSA) is 32.3 Å². The number of benzene rings is 1. The Balaban J connectivity index is 1.75. The third-order valence-electron chi connectivity index (χ3n) is 3.44. The van der Waals surface area contributed by atoms with Gasteiger partial charge in [-0.3, -0.25) is 4.79 Å². The Hall–Kier alpha value is -1.00. The zero-order valence-corrected chi connectivity index (χ0v) is 12.5. The lowest BCUT2D eigenvalue weighted by atomic mass is 10.2. The van der Waals surface area contributed by atoms with Crippen LogP contribution < -0.4 is 5.32 Å². The highest BCUT2D eigenvalue weighted by molar-refractivity contribution is 7.99. The first-order chi connectivity index (χ1) is 9.16. The second-order valence-electron chi connectivity index (χ2n) is 5.12. The zero-order chi connectivity index (χ0) is 13.7. The molecule has 0 spiro atoms. The number of carbonyl (C=O) groups excluding carboxylic acids is 1. The summed E-state index contributed by atoms with van der Waals surface area (Å²) in [6.45, 7) is 6.86. The molecule has 0 aliphatic carbocycles. The SMILES string of the molecule is Cc1ccc(CSCC(=O)N2CCNC[C@H]2C)cc1. The fraction of sp³-hybridized carbons (Fsp3) is 0.533. The Labute approximate surface area is 119 Å². The molecule has 1 heterocycles. The second kappa shape index (κ2) is 6.96. The lowest BCUT2D eigenvalue weighted by molar-refractivity contribution is -0.131. The van der Waals surface area contributed by atoms with Gasteiger partial charge in [0.25, 0.3) is 0 Å². The fourth-order valence-electron chi connectivity index (χ4n) is 2.23. The molecule has 0 radical (unpaired) electrons. The van der Waals surface area contributed by atoms with Crippen molar-refractivity contribution in [2.45, 2.75) is 25.6 Å². The van der Waals surface area contributed by atoms with Crippen molar-refractivity contribution in [3.63, 3.8) is 0 Å². The van der Waals surface area contributed by atoms with E-state index in [1.54, 1.807) is 11.8 Å². The van der Waals surface area contributed by atoms with E-state index in [4.69, 9.17) is 0 Å². The molecule has 1 aromatic rings. The summed E-state index contributed by atoms with van der Waals surface area (Å²) in [6.07, 6.45) is 0. The first kappa shape index (κ1) is 14.4. The van der Waals surface area contributed by atoms with Crippen molar-refractivity contribution in [2.24, 2.45) is 0 Å². The minimum atomic E-state index is 0.270. The molecule has 19 heavy (non-hydrogen) atoms. The summed E-state index contributed by atoms with van der Waals surface area (Å²) in [7, 11) is 0. The molecule has 0 saturated carbocycles. The Kier molecular flexibility index (Phi) is 5.28. The number of carbonyl (C=O) groups is 1. The maximum atomic E-state index is 12.1. The molecular weight excluding hydrogens is 256 g/mol. The average molecular weight is 278 g/mol. The molecular formula is C15H22N2OS. The maximum absolute atomic E-state index is 12.1. The summed E-state index contributed by atoms with van der Waals surface area (Å²) in [5.74, 6) is 1.76. The van der Waals surface area contributed by atoms with Crippen LogP contribution in [0.2, 0.25) is 0 Å². The summed E-state index contributed by atoms with van der Waals surface area (Å²) in [4.78, 5) is 14.1. The lowest BCUT2D eigenvalue weighted by Crippen LogP contribution is -2.52. The summed E-state index contributed by atoms with van der Waals surface area (Å²) in [5, 5.41) is 3.31. The van der Waals surface area contributed by atoms with Crippen molar-refractivity contribution >= 4 is 17.7 Å². The summed E-state index contributed by atoms with van der Waals surface area (Å²) >= 11 is 1.70. The molecule has 2 rings (SSSR count). The third-order valence-corrected chi connectivity index (χ3v) is 4.43. The highest BCUT2D eigenvalue weighted by Gasteiger charge is 2.22. The van der Waals surface area contributed by atoms with E-state index in [-0.39, 0.29) is 5.91 Å². The number of amides is 1. The van der Waals surface area contributed by atoms with Crippen molar-refractivity contribution in [2.75, 3.05) is 25.4 Å². The molecule has 0 aromatic heterocycles. The van der Waals surface area contributed by atoms with E-state index in [0.29, 0.717) is 11.8 Å². The van der Waals surface area contributed by atoms with Crippen LogP contribution in [0.25, 0.3) is 0 Å². The highest BCUT2D eigenvalue weighted by Crippen LogP contribution is 2.14. The molecule has 1 aromatic carbocycles. The second-order valence-corrected chi connectivity index (χ2v) is 6.10. The van der Waals surface area contributed by atoms with Gasteiger partial charge in [0.2, 0.25) is 5.91 Å². The number of nitrogens with zero attached hydrogens (tertiary/aromatic N) is 1. The molecule has 0 unspecified atom stereocenters. The minimum absolute atomic E-state index is 0.270. The molecule has 104 valence electrons. The zero-order valence-electron chi connectivity index (χ0n) is 11.7. The van der Waals surface area contributed by atoms with Crippen LogP contribution >= 0.6 is 11.8 Å². The molecule has 1 saturated heterocycles. The summed E-state index contributed by atoms with van der Waals surface area (Å²) < 4.78 is 0. The van der Waals surface area contributed by atoms with E-state index >= 15 is 0 Å². The third kappa shape index (κ3) is 4.25. The number of rotatable bonds is 4. The number of aryl methyl sites for hydroxylation is 1. The fourth-order valence-corrected chi connectivity index (χ4v) is 3.11. The summed E-state index contributed by atoms with van der Waals surface area (Å²) in [5.41, 5.74) is 2.57. The monoisotopic (exact) mass is 278 g/mol. The van der Waals surface area contributed by atoms with Gasteiger partial charge in [-0.1, -0.05) is 29.8 Å². The van der Waals surface area contributed by atoms with Gasteiger partial charge in [0, 0.05) is 31.4 Å². The van der Waals surface area contributed by atoms with Gasteiger partial charge in [-0.15, -0.1) is 11.8 Å². The van der Waals surface area contributed by atoms with Crippen LogP contribution in [-0.4, -0.2) is 42.2 Å². The lowest BCUT2D eigenvalue weighted by Gasteiger charge is -2.34. The molecule has 4 heteroatoms. The molecule has 1 atom stereocenters. The van der Waals surface area contributed by atoms with E-state index in [2.05, 4.69) is 43.4 Å².